The molecule has 0 N–H and O–H groups in total. The van der Waals surface area contributed by atoms with E-state index in [1.54, 1.807) is 11.3 Å². The molecule has 27 heavy (non-hydrogen) atoms. The van der Waals surface area contributed by atoms with Gasteiger partial charge in [-0.05, 0) is 32.6 Å². The smallest absolute Gasteiger partial charge is 0.327 e. The van der Waals surface area contributed by atoms with E-state index in [-0.39, 0.29) is 11.9 Å². The number of nitrogens with zero attached hydrogens (tertiary/aromatic N) is 5. The fraction of sp³-hybridized carbons (Fsp3) is 0.778. The van der Waals surface area contributed by atoms with Gasteiger partial charge in [0, 0.05) is 26.2 Å². The number of aryl methyl sites for hydroxylation is 1. The lowest BCUT2D eigenvalue weighted by Gasteiger charge is -2.42. The minimum atomic E-state index is -0.732. The molecule has 0 unspecified atom stereocenters. The van der Waals surface area contributed by atoms with E-state index in [2.05, 4.69) is 28.9 Å². The highest BCUT2D eigenvalue weighted by molar-refractivity contribution is 7.15. The first-order valence-corrected chi connectivity index (χ1v) is 10.5. The molecule has 0 bridgehead atoms. The minimum absolute atomic E-state index is 0.0686. The van der Waals surface area contributed by atoms with Gasteiger partial charge in [-0.15, -0.1) is 10.2 Å². The molecule has 2 saturated heterocycles. The summed E-state index contributed by atoms with van der Waals surface area (Å²) in [6.45, 7) is 11.3. The van der Waals surface area contributed by atoms with Crippen molar-refractivity contribution in [3.05, 3.63) is 5.01 Å². The van der Waals surface area contributed by atoms with Gasteiger partial charge in [-0.1, -0.05) is 25.2 Å². The molecule has 0 saturated carbocycles. The zero-order chi connectivity index (χ0) is 19.6. The van der Waals surface area contributed by atoms with Crippen LogP contribution >= 0.6 is 11.3 Å². The molecule has 9 heteroatoms. The molecule has 8 nitrogen and oxygen atoms in total. The second-order valence-electron chi connectivity index (χ2n) is 7.56. The second-order valence-corrected chi connectivity index (χ2v) is 8.72. The lowest BCUT2D eigenvalue weighted by molar-refractivity contribution is -0.134. The standard InChI is InChI=1S/C18H29N5O3S/c1-5-26-11-10-22-15(24)18(23(17(22)25)12-13(2)3)6-8-21(9-7-18)16-20-19-14(4)27-16/h13H,5-12H2,1-4H3. The number of imide groups is 1. The van der Waals surface area contributed by atoms with Gasteiger partial charge in [0.05, 0.1) is 13.2 Å². The Kier molecular flexibility index (Phi) is 6.00. The molecule has 0 radical (unpaired) electrons. The summed E-state index contributed by atoms with van der Waals surface area (Å²) in [6.07, 6.45) is 1.24. The summed E-state index contributed by atoms with van der Waals surface area (Å²) in [4.78, 5) is 31.7. The molecular weight excluding hydrogens is 366 g/mol. The molecule has 1 aromatic rings. The highest BCUT2D eigenvalue weighted by Gasteiger charge is 2.57. The summed E-state index contributed by atoms with van der Waals surface area (Å²) >= 11 is 1.56. The zero-order valence-corrected chi connectivity index (χ0v) is 17.4. The maximum atomic E-state index is 13.3. The maximum absolute atomic E-state index is 13.3. The highest BCUT2D eigenvalue weighted by Crippen LogP contribution is 2.39. The number of anilines is 1. The average molecular weight is 396 g/mol. The Hall–Kier alpha value is -1.74. The Morgan fingerprint density at radius 3 is 2.48 bits per heavy atom. The molecule has 2 fully saturated rings. The van der Waals surface area contributed by atoms with E-state index in [1.165, 1.54) is 4.90 Å². The van der Waals surface area contributed by atoms with Crippen LogP contribution in [-0.2, 0) is 9.53 Å². The Balaban J connectivity index is 1.78. The van der Waals surface area contributed by atoms with Crippen LogP contribution in [0.4, 0.5) is 9.93 Å². The number of amides is 3. The Morgan fingerprint density at radius 1 is 1.22 bits per heavy atom. The molecule has 3 rings (SSSR count). The number of rotatable bonds is 7. The van der Waals surface area contributed by atoms with Crippen LogP contribution in [0.25, 0.3) is 0 Å². The van der Waals surface area contributed by atoms with E-state index in [0.717, 1.165) is 10.1 Å². The minimum Gasteiger partial charge on any atom is -0.380 e. The quantitative estimate of drug-likeness (QED) is 0.520. The van der Waals surface area contributed by atoms with E-state index >= 15 is 0 Å². The van der Waals surface area contributed by atoms with E-state index in [9.17, 15) is 9.59 Å². The predicted octanol–water partition coefficient (Wildman–Crippen LogP) is 2.14. The van der Waals surface area contributed by atoms with Crippen molar-refractivity contribution < 1.29 is 14.3 Å². The van der Waals surface area contributed by atoms with Gasteiger partial charge < -0.3 is 14.5 Å². The van der Waals surface area contributed by atoms with Crippen LogP contribution in [0.5, 0.6) is 0 Å². The third-order valence-corrected chi connectivity index (χ3v) is 6.11. The van der Waals surface area contributed by atoms with Crippen molar-refractivity contribution in [2.45, 2.75) is 46.1 Å². The largest absolute Gasteiger partial charge is 0.380 e. The van der Waals surface area contributed by atoms with Crippen molar-refractivity contribution >= 4 is 28.4 Å². The Bertz CT molecular complexity index is 684. The number of aromatic nitrogens is 2. The molecule has 150 valence electrons. The van der Waals surface area contributed by atoms with Gasteiger partial charge in [0.2, 0.25) is 5.13 Å². The van der Waals surface area contributed by atoms with Crippen LogP contribution in [0.3, 0.4) is 0 Å². The van der Waals surface area contributed by atoms with Gasteiger partial charge in [-0.2, -0.15) is 0 Å². The van der Waals surface area contributed by atoms with Crippen molar-refractivity contribution in [2.24, 2.45) is 5.92 Å². The summed E-state index contributed by atoms with van der Waals surface area (Å²) in [5, 5.41) is 10.1. The number of piperidine rings is 1. The number of ether oxygens (including phenoxy) is 1. The third-order valence-electron chi connectivity index (χ3n) is 5.21. The van der Waals surface area contributed by atoms with Crippen molar-refractivity contribution in [3.8, 4) is 0 Å². The molecule has 1 spiro atoms. The van der Waals surface area contributed by atoms with Crippen LogP contribution in [-0.4, -0.2) is 76.9 Å². The van der Waals surface area contributed by atoms with Gasteiger partial charge in [0.1, 0.15) is 10.5 Å². The molecular formula is C18H29N5O3S. The first-order valence-electron chi connectivity index (χ1n) is 9.65. The summed E-state index contributed by atoms with van der Waals surface area (Å²) in [7, 11) is 0. The Labute approximate surface area is 164 Å². The monoisotopic (exact) mass is 395 g/mol. The topological polar surface area (TPSA) is 78.9 Å². The van der Waals surface area contributed by atoms with Gasteiger partial charge in [-0.3, -0.25) is 9.69 Å². The predicted molar refractivity (Wildman–Crippen MR) is 104 cm³/mol. The zero-order valence-electron chi connectivity index (χ0n) is 16.6. The first-order chi connectivity index (χ1) is 12.9. The molecule has 2 aliphatic rings. The van der Waals surface area contributed by atoms with Crippen LogP contribution in [0.15, 0.2) is 0 Å². The lowest BCUT2D eigenvalue weighted by atomic mass is 9.85. The number of urea groups is 1. The highest BCUT2D eigenvalue weighted by atomic mass is 32.1. The number of carbonyl (C=O) groups excluding carboxylic acids is 2. The SMILES string of the molecule is CCOCCN1C(=O)N(CC(C)C)C2(CCN(c3nnc(C)s3)CC2)C1=O. The third kappa shape index (κ3) is 3.80. The van der Waals surface area contributed by atoms with Gasteiger partial charge in [-0.25, -0.2) is 4.79 Å². The summed E-state index contributed by atoms with van der Waals surface area (Å²) in [6, 6.07) is -0.173. The summed E-state index contributed by atoms with van der Waals surface area (Å²) < 4.78 is 5.37. The fourth-order valence-corrected chi connectivity index (χ4v) is 4.60. The molecule has 2 aliphatic heterocycles. The van der Waals surface area contributed by atoms with Gasteiger partial charge in [0.25, 0.3) is 5.91 Å². The van der Waals surface area contributed by atoms with E-state index in [0.29, 0.717) is 58.2 Å². The van der Waals surface area contributed by atoms with Crippen molar-refractivity contribution in [1.82, 2.24) is 20.0 Å². The average Bonchev–Trinajstić information content (AvgIpc) is 3.14. The molecule has 1 aromatic heterocycles. The molecule has 3 amide bonds. The second kappa shape index (κ2) is 8.10. The number of hydrogen-bond acceptors (Lipinski definition) is 7. The van der Waals surface area contributed by atoms with E-state index in [4.69, 9.17) is 4.74 Å². The van der Waals surface area contributed by atoms with Crippen molar-refractivity contribution in [1.29, 1.82) is 0 Å². The molecule has 0 aromatic carbocycles. The van der Waals surface area contributed by atoms with Gasteiger partial charge in [0.15, 0.2) is 0 Å². The van der Waals surface area contributed by atoms with Gasteiger partial charge >= 0.3 is 6.03 Å². The summed E-state index contributed by atoms with van der Waals surface area (Å²) in [5.41, 5.74) is -0.732. The number of carbonyl (C=O) groups is 2. The maximum Gasteiger partial charge on any atom is 0.327 e. The first kappa shape index (κ1) is 20.0. The van der Waals surface area contributed by atoms with Crippen LogP contribution < -0.4 is 4.90 Å². The van der Waals surface area contributed by atoms with Crippen LogP contribution in [0.1, 0.15) is 38.6 Å². The molecule has 0 atom stereocenters. The van der Waals surface area contributed by atoms with Crippen LogP contribution in [0, 0.1) is 12.8 Å². The normalized spacial score (nSPS) is 19.8. The van der Waals surface area contributed by atoms with E-state index in [1.807, 2.05) is 18.7 Å². The van der Waals surface area contributed by atoms with Crippen molar-refractivity contribution in [2.75, 3.05) is 44.3 Å². The molecule has 0 aliphatic carbocycles. The summed E-state index contributed by atoms with van der Waals surface area (Å²) in [5.74, 6) is 0.232. The number of hydrogen-bond donors (Lipinski definition) is 0. The van der Waals surface area contributed by atoms with Crippen LogP contribution in [0.2, 0.25) is 0 Å². The molecule has 3 heterocycles. The Morgan fingerprint density at radius 2 is 1.93 bits per heavy atom. The van der Waals surface area contributed by atoms with E-state index < -0.39 is 5.54 Å². The van der Waals surface area contributed by atoms with Crippen molar-refractivity contribution in [3.63, 3.8) is 0 Å². The fourth-order valence-electron chi connectivity index (χ4n) is 3.86. The lowest BCUT2D eigenvalue weighted by Crippen LogP contribution is -2.57.